The zero-order valence-corrected chi connectivity index (χ0v) is 23.4. The molecule has 2 nitrogen and oxygen atoms in total. The first kappa shape index (κ1) is 27.2. The van der Waals surface area contributed by atoms with Crippen molar-refractivity contribution in [2.45, 2.75) is 48.8 Å². The predicted molar refractivity (Wildman–Crippen MR) is 130 cm³/mol. The molecule has 32 heavy (non-hydrogen) atoms. The van der Waals surface area contributed by atoms with Gasteiger partial charge in [0.15, 0.2) is 0 Å². The normalized spacial score (nSPS) is 10.7. The molecule has 0 bridgehead atoms. The van der Waals surface area contributed by atoms with Crippen LogP contribution in [-0.2, 0) is 13.1 Å². The Labute approximate surface area is 221 Å². The number of para-hydroxylation sites is 2. The molecule has 6 heteroatoms. The summed E-state index contributed by atoms with van der Waals surface area (Å²) in [6.07, 6.45) is 9.33. The van der Waals surface area contributed by atoms with E-state index in [0.29, 0.717) is 0 Å². The monoisotopic (exact) mass is 592 g/mol. The molecule has 0 amide bonds. The highest BCUT2D eigenvalue weighted by atomic mass is 79.9. The van der Waals surface area contributed by atoms with Gasteiger partial charge in [0, 0.05) is 47.9 Å². The van der Waals surface area contributed by atoms with Crippen LogP contribution in [0.4, 0.5) is 0 Å². The van der Waals surface area contributed by atoms with Gasteiger partial charge in [0.1, 0.15) is 13.1 Å². The first-order chi connectivity index (χ1) is 14.8. The lowest BCUT2D eigenvalue weighted by molar-refractivity contribution is -0.709. The van der Waals surface area contributed by atoms with E-state index in [1.54, 1.807) is 0 Å². The summed E-state index contributed by atoms with van der Waals surface area (Å²) in [6.45, 7) is 2.18. The summed E-state index contributed by atoms with van der Waals surface area (Å²) < 4.78 is 4.98. The fraction of sp³-hybridized carbons (Fsp3) is 0.308. The summed E-state index contributed by atoms with van der Waals surface area (Å²) >= 11 is 3.68. The molecule has 0 N–H and O–H groups in total. The molecule has 2 heterocycles. The second-order valence-corrected chi connectivity index (χ2v) is 9.24. The molecule has 0 spiro atoms. The highest BCUT2D eigenvalue weighted by Gasteiger charge is 2.16. The average molecular weight is 594 g/mol. The predicted octanol–water partition coefficient (Wildman–Crippen LogP) is 0.280. The van der Waals surface area contributed by atoms with E-state index >= 15 is 0 Å². The van der Waals surface area contributed by atoms with Crippen LogP contribution < -0.4 is 43.1 Å². The van der Waals surface area contributed by atoms with Crippen molar-refractivity contribution < 1.29 is 43.1 Å². The van der Waals surface area contributed by atoms with Crippen LogP contribution >= 0.6 is 23.5 Å². The number of aryl methyl sites for hydroxylation is 2. The van der Waals surface area contributed by atoms with Gasteiger partial charge >= 0.3 is 0 Å². The molecule has 0 unspecified atom stereocenters. The third kappa shape index (κ3) is 6.28. The van der Waals surface area contributed by atoms with E-state index < -0.39 is 0 Å². The molecule has 0 radical (unpaired) electrons. The molecule has 0 fully saturated rings. The zero-order valence-electron chi connectivity index (χ0n) is 18.6. The lowest BCUT2D eigenvalue weighted by atomic mass is 10.1. The SMILES string of the molecule is CSc1ccc2ccccc2[n+]1CCCCCC[n+]1c(SC)ccc2ccccc21.[Br-].[Br-]. The molecule has 0 atom stereocenters. The molecule has 0 saturated heterocycles. The van der Waals surface area contributed by atoms with Crippen molar-refractivity contribution >= 4 is 45.3 Å². The molecular weight excluding hydrogens is 564 g/mol. The molecule has 0 saturated carbocycles. The van der Waals surface area contributed by atoms with Crippen molar-refractivity contribution in [3.05, 3.63) is 72.8 Å². The molecule has 4 rings (SSSR count). The van der Waals surface area contributed by atoms with Gasteiger partial charge in [0.2, 0.25) is 21.1 Å². The number of nitrogens with zero attached hydrogens (tertiary/aromatic N) is 2. The van der Waals surface area contributed by atoms with Gasteiger partial charge in [-0.05, 0) is 49.6 Å². The number of unbranched alkanes of at least 4 members (excludes halogenated alkanes) is 3. The Hall–Kier alpha value is -1.08. The van der Waals surface area contributed by atoms with E-state index in [1.807, 2.05) is 23.5 Å². The molecule has 4 aromatic rings. The van der Waals surface area contributed by atoms with Gasteiger partial charge in [0.05, 0.1) is 0 Å². The Bertz CT molecular complexity index is 1060. The maximum absolute atomic E-state index is 2.49. The maximum Gasteiger partial charge on any atom is 0.240 e. The Morgan fingerprint density at radius 2 is 0.938 bits per heavy atom. The number of pyridine rings is 2. The second-order valence-electron chi connectivity index (χ2n) is 7.59. The zero-order chi connectivity index (χ0) is 20.8. The van der Waals surface area contributed by atoms with E-state index in [0.717, 1.165) is 13.1 Å². The Morgan fingerprint density at radius 1 is 0.531 bits per heavy atom. The number of rotatable bonds is 9. The number of thioether (sulfide) groups is 2. The van der Waals surface area contributed by atoms with Crippen LogP contribution in [0.3, 0.4) is 0 Å². The Balaban J connectivity index is 0.00000181. The van der Waals surface area contributed by atoms with Gasteiger partial charge in [0.25, 0.3) is 0 Å². The quantitative estimate of drug-likeness (QED) is 0.156. The van der Waals surface area contributed by atoms with Gasteiger partial charge in [-0.1, -0.05) is 47.8 Å². The minimum absolute atomic E-state index is 0. The van der Waals surface area contributed by atoms with Crippen LogP contribution in [0.2, 0.25) is 0 Å². The number of fused-ring (bicyclic) bond motifs is 2. The summed E-state index contributed by atoms with van der Waals surface area (Å²) in [4.78, 5) is 0. The molecule has 0 aliphatic carbocycles. The first-order valence-corrected chi connectivity index (χ1v) is 13.2. The van der Waals surface area contributed by atoms with Gasteiger partial charge in [-0.3, -0.25) is 0 Å². The maximum atomic E-state index is 2.49. The minimum atomic E-state index is 0. The van der Waals surface area contributed by atoms with Crippen LogP contribution in [0.15, 0.2) is 82.8 Å². The fourth-order valence-electron chi connectivity index (χ4n) is 4.20. The number of halogens is 2. The second kappa shape index (κ2) is 13.6. The third-order valence-corrected chi connectivity index (χ3v) is 7.28. The average Bonchev–Trinajstić information content (AvgIpc) is 2.81. The van der Waals surface area contributed by atoms with Crippen LogP contribution in [0.25, 0.3) is 21.8 Å². The summed E-state index contributed by atoms with van der Waals surface area (Å²) in [6, 6.07) is 26.4. The van der Waals surface area contributed by atoms with Crippen LogP contribution in [-0.4, -0.2) is 12.5 Å². The summed E-state index contributed by atoms with van der Waals surface area (Å²) in [7, 11) is 0. The van der Waals surface area contributed by atoms with E-state index in [2.05, 4.69) is 94.4 Å². The van der Waals surface area contributed by atoms with E-state index in [-0.39, 0.29) is 34.0 Å². The van der Waals surface area contributed by atoms with Crippen molar-refractivity contribution in [2.75, 3.05) is 12.5 Å². The van der Waals surface area contributed by atoms with Crippen LogP contribution in [0, 0.1) is 0 Å². The largest absolute Gasteiger partial charge is 1.00 e. The van der Waals surface area contributed by atoms with E-state index in [4.69, 9.17) is 0 Å². The van der Waals surface area contributed by atoms with E-state index in [9.17, 15) is 0 Å². The first-order valence-electron chi connectivity index (χ1n) is 10.7. The van der Waals surface area contributed by atoms with Crippen molar-refractivity contribution in [2.24, 2.45) is 0 Å². The van der Waals surface area contributed by atoms with Crippen molar-refractivity contribution in [3.8, 4) is 0 Å². The van der Waals surface area contributed by atoms with Gasteiger partial charge in [-0.2, -0.15) is 9.13 Å². The third-order valence-electron chi connectivity index (χ3n) is 5.73. The Morgan fingerprint density at radius 3 is 1.34 bits per heavy atom. The van der Waals surface area contributed by atoms with Crippen molar-refractivity contribution in [3.63, 3.8) is 0 Å². The lowest BCUT2D eigenvalue weighted by Gasteiger charge is -2.07. The van der Waals surface area contributed by atoms with Crippen molar-refractivity contribution in [1.29, 1.82) is 0 Å². The van der Waals surface area contributed by atoms with Crippen molar-refractivity contribution in [1.82, 2.24) is 0 Å². The number of benzene rings is 2. The number of hydrogen-bond donors (Lipinski definition) is 0. The summed E-state index contributed by atoms with van der Waals surface area (Å²) in [5.41, 5.74) is 2.69. The van der Waals surface area contributed by atoms with Gasteiger partial charge in [-0.15, -0.1) is 0 Å². The lowest BCUT2D eigenvalue weighted by Crippen LogP contribution is -3.00. The molecule has 2 aromatic heterocycles. The number of hydrogen-bond acceptors (Lipinski definition) is 2. The molecule has 0 aliphatic heterocycles. The van der Waals surface area contributed by atoms with Crippen LogP contribution in [0.1, 0.15) is 25.7 Å². The molecule has 2 aromatic carbocycles. The highest BCUT2D eigenvalue weighted by molar-refractivity contribution is 7.98. The highest BCUT2D eigenvalue weighted by Crippen LogP contribution is 2.18. The van der Waals surface area contributed by atoms with Crippen LogP contribution in [0.5, 0.6) is 0 Å². The Kier molecular flexibility index (Phi) is 11.5. The molecule has 0 aliphatic rings. The van der Waals surface area contributed by atoms with Gasteiger partial charge in [-0.25, -0.2) is 0 Å². The number of aromatic nitrogens is 2. The molecular formula is C26H30Br2N2S2. The minimum Gasteiger partial charge on any atom is -1.00 e. The fourth-order valence-corrected chi connectivity index (χ4v) is 5.43. The van der Waals surface area contributed by atoms with Gasteiger partial charge < -0.3 is 34.0 Å². The standard InChI is InChI=1S/C26H30N2S2.2BrH/c1-29-25-17-15-21-11-5-7-13-23(21)27(25)19-9-3-4-10-20-28-24-14-8-6-12-22(24)16-18-26(28)30-2;;/h5-8,11-18H,3-4,9-10,19-20H2,1-2H3;2*1H/q+2;;/p-2. The topological polar surface area (TPSA) is 7.76 Å². The molecule has 170 valence electrons. The summed E-state index contributed by atoms with van der Waals surface area (Å²) in [5.74, 6) is 0. The van der Waals surface area contributed by atoms with E-state index in [1.165, 1.54) is 57.5 Å². The smallest absolute Gasteiger partial charge is 0.240 e. The summed E-state index contributed by atoms with van der Waals surface area (Å²) in [5, 5.41) is 5.36.